The van der Waals surface area contributed by atoms with Crippen LogP contribution in [0.3, 0.4) is 0 Å². The van der Waals surface area contributed by atoms with E-state index in [0.29, 0.717) is 12.1 Å². The summed E-state index contributed by atoms with van der Waals surface area (Å²) in [4.78, 5) is 9.91. The average molecular weight is 850 g/mol. The number of piperidine rings is 4. The van der Waals surface area contributed by atoms with E-state index < -0.39 is 0 Å². The minimum Gasteiger partial charge on any atom is -0.314 e. The van der Waals surface area contributed by atoms with E-state index in [-0.39, 0.29) is 0 Å². The van der Waals surface area contributed by atoms with E-state index in [4.69, 9.17) is 0 Å². The van der Waals surface area contributed by atoms with Gasteiger partial charge in [-0.2, -0.15) is 0 Å². The van der Waals surface area contributed by atoms with Crippen molar-refractivity contribution in [2.45, 2.75) is 198 Å². The van der Waals surface area contributed by atoms with Gasteiger partial charge in [-0.3, -0.25) is 4.90 Å². The summed E-state index contributed by atoms with van der Waals surface area (Å²) in [5, 5.41) is 14.0. The Morgan fingerprint density at radius 3 is 1.23 bits per heavy atom. The van der Waals surface area contributed by atoms with Crippen LogP contribution in [0, 0.1) is 47.3 Å². The third kappa shape index (κ3) is 26.5. The lowest BCUT2D eigenvalue weighted by Gasteiger charge is -2.34. The fraction of sp³-hybridized carbons (Fsp3) is 1.00. The van der Waals surface area contributed by atoms with Crippen LogP contribution in [0.4, 0.5) is 0 Å². The lowest BCUT2D eigenvalue weighted by molar-refractivity contribution is 0.126. The van der Waals surface area contributed by atoms with Crippen LogP contribution in [0.15, 0.2) is 0 Å². The molecule has 0 saturated carbocycles. The summed E-state index contributed by atoms with van der Waals surface area (Å²) < 4.78 is 0. The average Bonchev–Trinajstić information content (AvgIpc) is 3.20. The van der Waals surface area contributed by atoms with Gasteiger partial charge >= 0.3 is 0 Å². The molecule has 6 heterocycles. The van der Waals surface area contributed by atoms with E-state index >= 15 is 0 Å². The molecule has 0 spiro atoms. The summed E-state index contributed by atoms with van der Waals surface area (Å²) in [7, 11) is 4.41. The second-order valence-corrected chi connectivity index (χ2v) is 22.5. The second-order valence-electron chi connectivity index (χ2n) is 22.5. The quantitative estimate of drug-likeness (QED) is 0.211. The van der Waals surface area contributed by atoms with Crippen molar-refractivity contribution >= 4 is 0 Å². The lowest BCUT2D eigenvalue weighted by atomic mass is 9.87. The summed E-state index contributed by atoms with van der Waals surface area (Å²) in [5.41, 5.74) is 0. The van der Waals surface area contributed by atoms with E-state index in [1.807, 2.05) is 0 Å². The van der Waals surface area contributed by atoms with Gasteiger partial charge in [0.25, 0.3) is 0 Å². The maximum Gasteiger partial charge on any atom is 0.0216 e. The number of piperazine rings is 2. The molecule has 0 aromatic rings. The fourth-order valence-corrected chi connectivity index (χ4v) is 9.03. The molecule has 0 amide bonds. The Bertz CT molecular complexity index is 753. The molecule has 6 fully saturated rings. The van der Waals surface area contributed by atoms with Gasteiger partial charge in [-0.05, 0) is 194 Å². The van der Waals surface area contributed by atoms with Gasteiger partial charge < -0.3 is 36.0 Å². The second kappa shape index (κ2) is 32.4. The zero-order chi connectivity index (χ0) is 45.4. The molecule has 60 heavy (non-hydrogen) atoms. The van der Waals surface area contributed by atoms with Crippen molar-refractivity contribution in [1.82, 2.24) is 40.9 Å². The molecule has 0 radical (unpaired) electrons. The molecule has 6 aliphatic rings. The molecule has 360 valence electrons. The summed E-state index contributed by atoms with van der Waals surface area (Å²) in [6.07, 6.45) is 11.2. The van der Waals surface area contributed by atoms with Crippen molar-refractivity contribution < 1.29 is 0 Å². The number of nitrogens with zero attached hydrogens (tertiary/aromatic N) is 4. The van der Waals surface area contributed by atoms with Gasteiger partial charge in [0, 0.05) is 75.5 Å². The summed E-state index contributed by atoms with van der Waals surface area (Å²) >= 11 is 0. The lowest BCUT2D eigenvalue weighted by Crippen LogP contribution is -2.54. The summed E-state index contributed by atoms with van der Waals surface area (Å²) in [5.74, 6) is 7.11. The largest absolute Gasteiger partial charge is 0.314 e. The van der Waals surface area contributed by atoms with Crippen LogP contribution >= 0.6 is 0 Å². The Morgan fingerprint density at radius 2 is 0.833 bits per heavy atom. The standard InChI is InChI=1S/4C9H19N.2C8H18N2/c1-8(2)9-4-6-10(3)7-5-9;1-8(2)10-6-4-9(3)5-7-10;1-7(2)9-5-4-8(3)10-6-9;1-7(2)9-5-4-8(3)6-10-9;1-8(2)10-6-4-9(3)5-7-10;1-6(2)8-5-9-7(3)4-10-8/h2*8-9H,4-7H2,1-3H3;2*7-10H,4-6H2,1-3H3;8H,4-7H2,1-3H3;6-10H,4-5H2,1-3H3. The number of likely N-dealkylation sites (tertiary alicyclic amines) is 2. The smallest absolute Gasteiger partial charge is 0.0216 e. The fourth-order valence-electron chi connectivity index (χ4n) is 9.03. The number of rotatable bonds is 6. The molecule has 6 unspecified atom stereocenters. The zero-order valence-electron chi connectivity index (χ0n) is 44.0. The summed E-state index contributed by atoms with van der Waals surface area (Å²) in [6.45, 7) is 51.6. The van der Waals surface area contributed by atoms with Gasteiger partial charge in [0.2, 0.25) is 0 Å². The van der Waals surface area contributed by atoms with Crippen molar-refractivity contribution in [2.75, 3.05) is 92.6 Å². The molecule has 0 aromatic heterocycles. The highest BCUT2D eigenvalue weighted by Gasteiger charge is 2.22. The Balaban J connectivity index is 0.000000360. The van der Waals surface area contributed by atoms with Gasteiger partial charge in [0.1, 0.15) is 0 Å². The molecule has 0 aliphatic carbocycles. The van der Waals surface area contributed by atoms with E-state index in [9.17, 15) is 0 Å². The van der Waals surface area contributed by atoms with Crippen LogP contribution in [-0.4, -0.2) is 148 Å². The first kappa shape index (κ1) is 57.7. The van der Waals surface area contributed by atoms with E-state index in [1.54, 1.807) is 0 Å². The van der Waals surface area contributed by atoms with E-state index in [1.165, 1.54) is 117 Å². The molecule has 6 aliphatic heterocycles. The number of likely N-dealkylation sites (N-methyl/N-ethyl adjacent to an activating group) is 1. The Labute approximate surface area is 378 Å². The first-order valence-corrected chi connectivity index (χ1v) is 26.0. The predicted molar refractivity (Wildman–Crippen MR) is 269 cm³/mol. The first-order valence-electron chi connectivity index (χ1n) is 26.0. The van der Waals surface area contributed by atoms with Crippen LogP contribution in [0.2, 0.25) is 0 Å². The van der Waals surface area contributed by atoms with Gasteiger partial charge in [-0.25, -0.2) is 0 Å². The maximum atomic E-state index is 3.57. The van der Waals surface area contributed by atoms with Crippen LogP contribution in [0.1, 0.15) is 162 Å². The molecular formula is C52H112N8. The van der Waals surface area contributed by atoms with E-state index in [0.717, 1.165) is 84.6 Å². The Hall–Kier alpha value is -0.320. The molecule has 6 rings (SSSR count). The minimum absolute atomic E-state index is 0.648. The van der Waals surface area contributed by atoms with Gasteiger partial charge in [-0.1, -0.05) is 69.2 Å². The highest BCUT2D eigenvalue weighted by molar-refractivity contribution is 4.82. The van der Waals surface area contributed by atoms with Gasteiger partial charge in [0.05, 0.1) is 0 Å². The topological polar surface area (TPSA) is 61.1 Å². The molecule has 8 heteroatoms. The van der Waals surface area contributed by atoms with E-state index in [2.05, 4.69) is 166 Å². The van der Waals surface area contributed by atoms with Crippen molar-refractivity contribution in [3.05, 3.63) is 0 Å². The SMILES string of the molecule is CC(C)C1CCN(C)CC1.CC(C)N1CCN(C)CC1.CC1CCC(C(C)C)CN1.CC1CCC(C(C)C)NC1.CC1CCN(C(C)C)CC1.CC1CNC(C(C)C)CN1. The zero-order valence-corrected chi connectivity index (χ0v) is 44.0. The number of nitrogens with one attached hydrogen (secondary N) is 4. The minimum atomic E-state index is 0.648. The van der Waals surface area contributed by atoms with Crippen molar-refractivity contribution in [1.29, 1.82) is 0 Å². The van der Waals surface area contributed by atoms with Gasteiger partial charge in [0.15, 0.2) is 0 Å². The van der Waals surface area contributed by atoms with Crippen molar-refractivity contribution in [2.24, 2.45) is 47.3 Å². The predicted octanol–water partition coefficient (Wildman–Crippen LogP) is 9.41. The Morgan fingerprint density at radius 1 is 0.350 bits per heavy atom. The monoisotopic (exact) mass is 849 g/mol. The number of hydrogen-bond donors (Lipinski definition) is 4. The highest BCUT2D eigenvalue weighted by atomic mass is 15.3. The van der Waals surface area contributed by atoms with Crippen molar-refractivity contribution in [3.8, 4) is 0 Å². The van der Waals surface area contributed by atoms with Crippen molar-refractivity contribution in [3.63, 3.8) is 0 Å². The molecular weight excluding hydrogens is 737 g/mol. The normalized spacial score (nSPS) is 29.4. The van der Waals surface area contributed by atoms with Crippen LogP contribution in [0.5, 0.6) is 0 Å². The molecule has 0 aromatic carbocycles. The third-order valence-electron chi connectivity index (χ3n) is 14.8. The van der Waals surface area contributed by atoms with Crippen LogP contribution in [0.25, 0.3) is 0 Å². The molecule has 6 saturated heterocycles. The van der Waals surface area contributed by atoms with Crippen LogP contribution in [-0.2, 0) is 0 Å². The van der Waals surface area contributed by atoms with Crippen LogP contribution < -0.4 is 21.3 Å². The molecule has 6 atom stereocenters. The summed E-state index contributed by atoms with van der Waals surface area (Å²) in [6, 6.07) is 4.36. The third-order valence-corrected chi connectivity index (χ3v) is 14.8. The molecule has 0 bridgehead atoms. The first-order chi connectivity index (χ1) is 28.2. The molecule has 8 nitrogen and oxygen atoms in total. The maximum absolute atomic E-state index is 3.57. The Kier molecular flexibility index (Phi) is 31.1. The number of hydrogen-bond acceptors (Lipinski definition) is 8. The van der Waals surface area contributed by atoms with Gasteiger partial charge in [-0.15, -0.1) is 0 Å². The molecule has 4 N–H and O–H groups in total. The highest BCUT2D eigenvalue weighted by Crippen LogP contribution is 2.24.